The lowest BCUT2D eigenvalue weighted by atomic mass is 10.2. The molecule has 1 heterocycles. The molecule has 0 unspecified atom stereocenters. The summed E-state index contributed by atoms with van der Waals surface area (Å²) in [5.41, 5.74) is 1.04. The number of anilines is 1. The second kappa shape index (κ2) is 8.98. The molecule has 26 heavy (non-hydrogen) atoms. The maximum atomic E-state index is 12.7. The molecule has 0 spiro atoms. The molecule has 0 aliphatic carbocycles. The highest BCUT2D eigenvalue weighted by atomic mass is 32.2. The molecule has 1 aromatic carbocycles. The molecule has 1 N–H and O–H groups in total. The van der Waals surface area contributed by atoms with E-state index in [1.807, 2.05) is 24.9 Å². The summed E-state index contributed by atoms with van der Waals surface area (Å²) in [6.07, 6.45) is 6.31. The number of hydrogen-bond donors (Lipinski definition) is 1. The van der Waals surface area contributed by atoms with Crippen molar-refractivity contribution in [3.8, 4) is 0 Å². The molecular formula is C19H27N3O3S. The van der Waals surface area contributed by atoms with Crippen LogP contribution in [0.1, 0.15) is 46.0 Å². The van der Waals surface area contributed by atoms with E-state index in [0.717, 1.165) is 32.2 Å². The van der Waals surface area contributed by atoms with E-state index in [-0.39, 0.29) is 10.8 Å². The summed E-state index contributed by atoms with van der Waals surface area (Å²) in [7, 11) is -1.94. The Bertz CT molecular complexity index is 813. The number of benzene rings is 1. The van der Waals surface area contributed by atoms with Crippen molar-refractivity contribution in [2.75, 3.05) is 18.9 Å². The topological polar surface area (TPSA) is 78.8 Å². The first kappa shape index (κ1) is 20.2. The standard InChI is InChI=1S/C19H27N3O3S/c1-4-9-15(2)19(23)20-16-10-8-11-17(14-16)26(24,25)21-18-12-6-5-7-13-22(18)3/h8-11,14H,4-7,12-13H2,1-3H3,(H,20,23). The molecule has 1 aromatic rings. The van der Waals surface area contributed by atoms with Gasteiger partial charge in [0.2, 0.25) is 0 Å². The number of amidine groups is 1. The van der Waals surface area contributed by atoms with Crippen molar-refractivity contribution in [3.05, 3.63) is 35.9 Å². The minimum atomic E-state index is -3.82. The normalized spacial score (nSPS) is 17.9. The zero-order chi connectivity index (χ0) is 19.2. The van der Waals surface area contributed by atoms with Crippen molar-refractivity contribution in [2.45, 2.75) is 50.8 Å². The third kappa shape index (κ3) is 5.42. The molecule has 7 heteroatoms. The number of nitrogens with one attached hydrogen (secondary N) is 1. The van der Waals surface area contributed by atoms with E-state index in [9.17, 15) is 13.2 Å². The lowest BCUT2D eigenvalue weighted by molar-refractivity contribution is -0.112. The summed E-state index contributed by atoms with van der Waals surface area (Å²) >= 11 is 0. The fraction of sp³-hybridized carbons (Fsp3) is 0.474. The number of hydrogen-bond acceptors (Lipinski definition) is 3. The average molecular weight is 378 g/mol. The highest BCUT2D eigenvalue weighted by Crippen LogP contribution is 2.20. The number of allylic oxidation sites excluding steroid dienone is 1. The van der Waals surface area contributed by atoms with Crippen LogP contribution in [0, 0.1) is 0 Å². The van der Waals surface area contributed by atoms with Crippen LogP contribution in [0.2, 0.25) is 0 Å². The van der Waals surface area contributed by atoms with E-state index in [1.54, 1.807) is 19.1 Å². The Morgan fingerprint density at radius 3 is 2.81 bits per heavy atom. The van der Waals surface area contributed by atoms with Gasteiger partial charge in [-0.2, -0.15) is 8.42 Å². The quantitative estimate of drug-likeness (QED) is 0.796. The summed E-state index contributed by atoms with van der Waals surface area (Å²) in [5.74, 6) is 0.356. The second-order valence-corrected chi connectivity index (χ2v) is 8.10. The van der Waals surface area contributed by atoms with Crippen molar-refractivity contribution < 1.29 is 13.2 Å². The van der Waals surface area contributed by atoms with E-state index < -0.39 is 10.0 Å². The summed E-state index contributed by atoms with van der Waals surface area (Å²) in [4.78, 5) is 14.1. The maximum Gasteiger partial charge on any atom is 0.284 e. The Balaban J connectivity index is 2.25. The van der Waals surface area contributed by atoms with Gasteiger partial charge in [-0.05, 0) is 44.4 Å². The van der Waals surface area contributed by atoms with Gasteiger partial charge in [0, 0.05) is 31.3 Å². The van der Waals surface area contributed by atoms with Gasteiger partial charge in [0.05, 0.1) is 4.90 Å². The number of rotatable bonds is 5. The Kier molecular flexibility index (Phi) is 6.97. The van der Waals surface area contributed by atoms with Crippen molar-refractivity contribution in [3.63, 3.8) is 0 Å². The van der Waals surface area contributed by atoms with Crippen molar-refractivity contribution in [2.24, 2.45) is 4.40 Å². The van der Waals surface area contributed by atoms with Crippen LogP contribution in [-0.4, -0.2) is 38.7 Å². The maximum absolute atomic E-state index is 12.7. The Labute approximate surface area is 156 Å². The minimum absolute atomic E-state index is 0.0811. The average Bonchev–Trinajstić information content (AvgIpc) is 2.79. The van der Waals surface area contributed by atoms with Crippen molar-refractivity contribution in [1.29, 1.82) is 0 Å². The molecule has 0 atom stereocenters. The van der Waals surface area contributed by atoms with E-state index in [4.69, 9.17) is 0 Å². The number of carbonyl (C=O) groups is 1. The van der Waals surface area contributed by atoms with Gasteiger partial charge in [-0.3, -0.25) is 4.79 Å². The predicted octanol–water partition coefficient (Wildman–Crippen LogP) is 3.57. The van der Waals surface area contributed by atoms with E-state index in [0.29, 0.717) is 23.5 Å². The highest BCUT2D eigenvalue weighted by molar-refractivity contribution is 7.90. The molecule has 0 aromatic heterocycles. The van der Waals surface area contributed by atoms with Gasteiger partial charge >= 0.3 is 0 Å². The molecule has 1 fully saturated rings. The molecular weight excluding hydrogens is 350 g/mol. The van der Waals surface area contributed by atoms with E-state index >= 15 is 0 Å². The summed E-state index contributed by atoms with van der Waals surface area (Å²) in [5, 5.41) is 2.73. The number of amides is 1. The van der Waals surface area contributed by atoms with E-state index in [2.05, 4.69) is 9.71 Å². The van der Waals surface area contributed by atoms with Crippen LogP contribution < -0.4 is 5.32 Å². The highest BCUT2D eigenvalue weighted by Gasteiger charge is 2.19. The number of likely N-dealkylation sites (tertiary alicyclic amines) is 1. The third-order valence-electron chi connectivity index (χ3n) is 4.32. The SMILES string of the molecule is CCC=C(C)C(=O)Nc1cccc(S(=O)(=O)N=C2CCCCCN2C)c1. The van der Waals surface area contributed by atoms with Crippen LogP contribution in [0.4, 0.5) is 5.69 Å². The second-order valence-electron chi connectivity index (χ2n) is 6.49. The predicted molar refractivity (Wildman–Crippen MR) is 105 cm³/mol. The van der Waals surface area contributed by atoms with Gasteiger partial charge < -0.3 is 10.2 Å². The first-order valence-corrected chi connectivity index (χ1v) is 10.4. The monoisotopic (exact) mass is 377 g/mol. The summed E-state index contributed by atoms with van der Waals surface area (Å²) in [6.45, 7) is 4.49. The number of sulfonamides is 1. The van der Waals surface area contributed by atoms with Gasteiger partial charge in [-0.1, -0.05) is 25.5 Å². The van der Waals surface area contributed by atoms with Crippen LogP contribution in [-0.2, 0) is 14.8 Å². The van der Waals surface area contributed by atoms with E-state index in [1.165, 1.54) is 12.1 Å². The minimum Gasteiger partial charge on any atom is -0.362 e. The van der Waals surface area contributed by atoms with Crippen LogP contribution in [0.3, 0.4) is 0 Å². The third-order valence-corrected chi connectivity index (χ3v) is 5.62. The molecule has 1 aliphatic heterocycles. The number of nitrogens with zero attached hydrogens (tertiary/aromatic N) is 2. The van der Waals surface area contributed by atoms with Crippen LogP contribution in [0.25, 0.3) is 0 Å². The first-order chi connectivity index (χ1) is 12.3. The summed E-state index contributed by atoms with van der Waals surface area (Å²) in [6, 6.07) is 6.23. The molecule has 1 aliphatic rings. The van der Waals surface area contributed by atoms with Gasteiger partial charge in [0.25, 0.3) is 15.9 Å². The summed E-state index contributed by atoms with van der Waals surface area (Å²) < 4.78 is 29.4. The molecule has 0 bridgehead atoms. The fourth-order valence-electron chi connectivity index (χ4n) is 2.80. The van der Waals surface area contributed by atoms with Gasteiger partial charge in [-0.15, -0.1) is 4.40 Å². The molecule has 142 valence electrons. The fourth-order valence-corrected chi connectivity index (χ4v) is 3.94. The molecule has 2 rings (SSSR count). The molecule has 0 radical (unpaired) electrons. The Morgan fingerprint density at radius 1 is 1.31 bits per heavy atom. The first-order valence-electron chi connectivity index (χ1n) is 8.96. The largest absolute Gasteiger partial charge is 0.362 e. The number of carbonyl (C=O) groups excluding carboxylic acids is 1. The van der Waals surface area contributed by atoms with Gasteiger partial charge in [0.1, 0.15) is 5.84 Å². The molecule has 6 nitrogen and oxygen atoms in total. The zero-order valence-electron chi connectivity index (χ0n) is 15.7. The van der Waals surface area contributed by atoms with Crippen LogP contribution >= 0.6 is 0 Å². The van der Waals surface area contributed by atoms with Crippen LogP contribution in [0.15, 0.2) is 45.2 Å². The van der Waals surface area contributed by atoms with Crippen molar-refractivity contribution >= 4 is 27.5 Å². The molecule has 1 amide bonds. The smallest absolute Gasteiger partial charge is 0.284 e. The Hall–Kier alpha value is -2.15. The van der Waals surface area contributed by atoms with Crippen LogP contribution in [0.5, 0.6) is 0 Å². The van der Waals surface area contributed by atoms with Gasteiger partial charge in [-0.25, -0.2) is 0 Å². The lowest BCUT2D eigenvalue weighted by Gasteiger charge is -2.17. The van der Waals surface area contributed by atoms with Crippen molar-refractivity contribution in [1.82, 2.24) is 4.90 Å². The molecule has 0 saturated carbocycles. The molecule has 1 saturated heterocycles. The zero-order valence-corrected chi connectivity index (χ0v) is 16.5. The lowest BCUT2D eigenvalue weighted by Crippen LogP contribution is -2.26. The van der Waals surface area contributed by atoms with Gasteiger partial charge in [0.15, 0.2) is 0 Å². The Morgan fingerprint density at radius 2 is 2.08 bits per heavy atom.